The Labute approximate surface area is 180 Å². The summed E-state index contributed by atoms with van der Waals surface area (Å²) in [5, 5.41) is 10.9. The lowest BCUT2D eigenvalue weighted by atomic mass is 9.91. The van der Waals surface area contributed by atoms with E-state index in [1.54, 1.807) is 6.20 Å². The van der Waals surface area contributed by atoms with Crippen molar-refractivity contribution in [2.75, 3.05) is 0 Å². The van der Waals surface area contributed by atoms with Gasteiger partial charge in [-0.15, -0.1) is 0 Å². The second-order valence-electron chi connectivity index (χ2n) is 10.3. The molecule has 0 bridgehead atoms. The summed E-state index contributed by atoms with van der Waals surface area (Å²) in [6, 6.07) is 5.83. The highest BCUT2D eigenvalue weighted by Gasteiger charge is 2.45. The van der Waals surface area contributed by atoms with Gasteiger partial charge in [-0.25, -0.2) is 0 Å². The first-order valence-electron chi connectivity index (χ1n) is 11.1. The first-order valence-corrected chi connectivity index (χ1v) is 14.0. The largest absolute Gasteiger partial charge is 0.412 e. The molecule has 1 N–H and O–H groups in total. The number of rotatable bonds is 4. The fourth-order valence-corrected chi connectivity index (χ4v) is 6.03. The molecule has 30 heavy (non-hydrogen) atoms. The van der Waals surface area contributed by atoms with Crippen LogP contribution in [0.5, 0.6) is 0 Å². The molecule has 4 rings (SSSR count). The van der Waals surface area contributed by atoms with Gasteiger partial charge in [0, 0.05) is 29.3 Å². The number of carbonyl (C=O) groups is 1. The van der Waals surface area contributed by atoms with Crippen LogP contribution in [0, 0.1) is 0 Å². The maximum Gasteiger partial charge on any atom is 0.254 e. The van der Waals surface area contributed by atoms with E-state index in [9.17, 15) is 9.90 Å². The maximum atomic E-state index is 13.5. The smallest absolute Gasteiger partial charge is 0.254 e. The zero-order chi connectivity index (χ0) is 21.7. The molecule has 1 saturated carbocycles. The van der Waals surface area contributed by atoms with E-state index in [1.165, 1.54) is 0 Å². The van der Waals surface area contributed by atoms with Gasteiger partial charge in [-0.1, -0.05) is 39.7 Å². The molecule has 0 radical (unpaired) electrons. The van der Waals surface area contributed by atoms with Gasteiger partial charge in [-0.05, 0) is 48.7 Å². The maximum absolute atomic E-state index is 13.5. The number of benzene rings is 1. The highest BCUT2D eigenvalue weighted by atomic mass is 28.4. The summed E-state index contributed by atoms with van der Waals surface area (Å²) >= 11 is 0. The Morgan fingerprint density at radius 1 is 1.27 bits per heavy atom. The summed E-state index contributed by atoms with van der Waals surface area (Å²) < 4.78 is 6.84. The molecule has 0 unspecified atom stereocenters. The lowest BCUT2D eigenvalue weighted by Crippen LogP contribution is -2.53. The zero-order valence-electron chi connectivity index (χ0n) is 18.9. The number of amides is 1. The molecule has 2 heterocycles. The van der Waals surface area contributed by atoms with Crippen LogP contribution in [-0.4, -0.2) is 41.4 Å². The fourth-order valence-electron chi connectivity index (χ4n) is 4.64. The van der Waals surface area contributed by atoms with Gasteiger partial charge in [-0.3, -0.25) is 9.78 Å². The summed E-state index contributed by atoms with van der Waals surface area (Å²) in [6.07, 6.45) is 6.14. The number of pyridine rings is 1. The van der Waals surface area contributed by atoms with Gasteiger partial charge >= 0.3 is 0 Å². The molecule has 1 aliphatic carbocycles. The lowest BCUT2D eigenvalue weighted by Gasteiger charge is -2.45. The zero-order valence-corrected chi connectivity index (χ0v) is 19.9. The van der Waals surface area contributed by atoms with Crippen LogP contribution < -0.4 is 0 Å². The van der Waals surface area contributed by atoms with Gasteiger partial charge in [0.05, 0.1) is 24.3 Å². The highest BCUT2D eigenvalue weighted by molar-refractivity contribution is 6.74. The van der Waals surface area contributed by atoms with Crippen LogP contribution in [0.15, 0.2) is 24.4 Å². The monoisotopic (exact) mass is 426 g/mol. The van der Waals surface area contributed by atoms with Crippen LogP contribution in [0.4, 0.5) is 0 Å². The average Bonchev–Trinajstić information content (AvgIpc) is 3.03. The van der Waals surface area contributed by atoms with Gasteiger partial charge in [0.25, 0.3) is 5.91 Å². The van der Waals surface area contributed by atoms with Crippen molar-refractivity contribution < 1.29 is 14.3 Å². The second-order valence-corrected chi connectivity index (χ2v) is 15.1. The van der Waals surface area contributed by atoms with Crippen LogP contribution in [0.1, 0.15) is 67.9 Å². The van der Waals surface area contributed by atoms with Crippen LogP contribution in [0.3, 0.4) is 0 Å². The molecule has 2 aliphatic rings. The van der Waals surface area contributed by atoms with Crippen molar-refractivity contribution in [1.82, 2.24) is 9.88 Å². The van der Waals surface area contributed by atoms with E-state index in [2.05, 4.69) is 38.8 Å². The Balaban J connectivity index is 1.68. The van der Waals surface area contributed by atoms with Crippen LogP contribution in [0.2, 0.25) is 18.1 Å². The minimum absolute atomic E-state index is 0.0583. The Hall–Kier alpha value is -1.76. The van der Waals surface area contributed by atoms with E-state index in [0.29, 0.717) is 12.1 Å². The Kier molecular flexibility index (Phi) is 5.53. The summed E-state index contributed by atoms with van der Waals surface area (Å²) in [6.45, 7) is 11.9. The number of aliphatic hydroxyl groups is 1. The lowest BCUT2D eigenvalue weighted by molar-refractivity contribution is 0.0244. The minimum Gasteiger partial charge on any atom is -0.412 e. The summed E-state index contributed by atoms with van der Waals surface area (Å²) in [5.74, 6) is 0.0583. The molecule has 0 spiro atoms. The minimum atomic E-state index is -1.93. The number of carbonyl (C=O) groups excluding carboxylic acids is 1. The number of nitrogens with zero attached hydrogens (tertiary/aromatic N) is 2. The molecule has 5 nitrogen and oxygen atoms in total. The molecule has 1 amide bonds. The Bertz CT molecular complexity index is 967. The van der Waals surface area contributed by atoms with Crippen molar-refractivity contribution >= 4 is 25.1 Å². The Morgan fingerprint density at radius 2 is 2.00 bits per heavy atom. The van der Waals surface area contributed by atoms with Crippen molar-refractivity contribution in [1.29, 1.82) is 0 Å². The van der Waals surface area contributed by atoms with Crippen molar-refractivity contribution in [3.63, 3.8) is 0 Å². The molecule has 1 aliphatic heterocycles. The predicted octanol–water partition coefficient (Wildman–Crippen LogP) is 5.02. The molecular weight excluding hydrogens is 392 g/mol. The predicted molar refractivity (Wildman–Crippen MR) is 122 cm³/mol. The molecular formula is C24H34N2O3Si. The number of aliphatic hydroxyl groups excluding tert-OH is 1. The van der Waals surface area contributed by atoms with Crippen LogP contribution in [0.25, 0.3) is 10.9 Å². The fraction of sp³-hybridized carbons (Fsp3) is 0.583. The third-order valence-electron chi connectivity index (χ3n) is 7.39. The van der Waals surface area contributed by atoms with Gasteiger partial charge in [0.1, 0.15) is 0 Å². The molecule has 6 heteroatoms. The summed E-state index contributed by atoms with van der Waals surface area (Å²) in [5.41, 5.74) is 3.30. The molecule has 0 saturated heterocycles. The van der Waals surface area contributed by atoms with Crippen molar-refractivity contribution in [3.05, 3.63) is 41.1 Å². The molecule has 1 fully saturated rings. The van der Waals surface area contributed by atoms with Gasteiger partial charge < -0.3 is 14.4 Å². The van der Waals surface area contributed by atoms with E-state index >= 15 is 0 Å². The molecule has 2 aromatic rings. The van der Waals surface area contributed by atoms with E-state index in [0.717, 1.165) is 47.7 Å². The summed E-state index contributed by atoms with van der Waals surface area (Å²) in [7, 11) is -1.93. The third kappa shape index (κ3) is 3.59. The normalized spacial score (nSPS) is 22.6. The molecule has 1 aromatic carbocycles. The number of fused-ring (bicyclic) bond motifs is 3. The second kappa shape index (κ2) is 7.73. The van der Waals surface area contributed by atoms with Gasteiger partial charge in [0.15, 0.2) is 8.32 Å². The van der Waals surface area contributed by atoms with E-state index in [-0.39, 0.29) is 29.7 Å². The number of aromatic nitrogens is 1. The topological polar surface area (TPSA) is 62.7 Å². The van der Waals surface area contributed by atoms with E-state index < -0.39 is 8.32 Å². The SMILES string of the molecule is CC(C)(C)[Si](C)(C)O[C@H]1CCCC[C@@H]1N1Cc2c(cc(CO)c3cccnc23)C1=O. The van der Waals surface area contributed by atoms with Gasteiger partial charge in [-0.2, -0.15) is 0 Å². The highest BCUT2D eigenvalue weighted by Crippen LogP contribution is 2.41. The molecule has 1 aromatic heterocycles. The average molecular weight is 427 g/mol. The number of hydrogen-bond acceptors (Lipinski definition) is 4. The van der Waals surface area contributed by atoms with Crippen molar-refractivity contribution in [3.8, 4) is 0 Å². The molecule has 2 atom stereocenters. The van der Waals surface area contributed by atoms with Crippen molar-refractivity contribution in [2.45, 2.75) is 89.9 Å². The van der Waals surface area contributed by atoms with Gasteiger partial charge in [0.2, 0.25) is 0 Å². The molecule has 162 valence electrons. The quantitative estimate of drug-likeness (QED) is 0.698. The van der Waals surface area contributed by atoms with Crippen LogP contribution in [-0.2, 0) is 17.6 Å². The number of hydrogen-bond donors (Lipinski definition) is 1. The van der Waals surface area contributed by atoms with E-state index in [4.69, 9.17) is 4.43 Å². The first kappa shape index (κ1) is 21.5. The van der Waals surface area contributed by atoms with E-state index in [1.807, 2.05) is 23.1 Å². The summed E-state index contributed by atoms with van der Waals surface area (Å²) in [4.78, 5) is 20.1. The third-order valence-corrected chi connectivity index (χ3v) is 11.9. The van der Waals surface area contributed by atoms with Crippen molar-refractivity contribution in [2.24, 2.45) is 0 Å². The standard InChI is InChI=1S/C24H34N2O3Si/c1-24(2,3)30(4,5)29-21-11-7-6-10-20(21)26-14-19-18(23(26)28)13-16(15-27)17-9-8-12-25-22(17)19/h8-9,12-13,20-21,27H,6-7,10-11,14-15H2,1-5H3/t20-,21-/m0/s1. The first-order chi connectivity index (χ1) is 14.1. The van der Waals surface area contributed by atoms with Crippen LogP contribution >= 0.6 is 0 Å². The Morgan fingerprint density at radius 3 is 2.70 bits per heavy atom.